The molecule has 0 bridgehead atoms. The third kappa shape index (κ3) is 2.93. The van der Waals surface area contributed by atoms with Crippen LogP contribution in [0.3, 0.4) is 0 Å². The highest BCUT2D eigenvalue weighted by molar-refractivity contribution is 6.32. The molecular formula is C31H27NO6. The van der Waals surface area contributed by atoms with Gasteiger partial charge < -0.3 is 19.1 Å². The number of carbonyl (C=O) groups excluding carboxylic acids is 3. The second kappa shape index (κ2) is 8.58. The number of fused-ring (bicyclic) bond motifs is 5. The van der Waals surface area contributed by atoms with E-state index in [2.05, 4.69) is 0 Å². The number of para-hydroxylation sites is 1. The summed E-state index contributed by atoms with van der Waals surface area (Å²) in [7, 11) is 4.54. The highest BCUT2D eigenvalue weighted by Crippen LogP contribution is 2.61. The maximum Gasteiger partial charge on any atom is 0.203 e. The van der Waals surface area contributed by atoms with Gasteiger partial charge in [-0.1, -0.05) is 54.6 Å². The van der Waals surface area contributed by atoms with Gasteiger partial charge in [-0.15, -0.1) is 0 Å². The first-order chi connectivity index (χ1) is 18.4. The van der Waals surface area contributed by atoms with Crippen LogP contribution in [-0.4, -0.2) is 50.8 Å². The number of methoxy groups -OCH3 is 3. The van der Waals surface area contributed by atoms with Gasteiger partial charge in [-0.05, 0) is 36.2 Å². The van der Waals surface area contributed by atoms with Gasteiger partial charge in [0.05, 0.1) is 33.4 Å². The summed E-state index contributed by atoms with van der Waals surface area (Å²) in [5.74, 6) is -0.361. The molecule has 0 saturated carbocycles. The van der Waals surface area contributed by atoms with Crippen molar-refractivity contribution in [3.63, 3.8) is 0 Å². The molecule has 1 spiro atoms. The number of anilines is 1. The van der Waals surface area contributed by atoms with E-state index in [-0.39, 0.29) is 17.3 Å². The number of ether oxygens (including phenoxy) is 3. The number of hydrogen-bond donors (Lipinski definition) is 0. The van der Waals surface area contributed by atoms with Crippen molar-refractivity contribution >= 4 is 29.1 Å². The number of carbonyl (C=O) groups is 3. The number of Topliss-reactive ketones (excluding diaryl/α,β-unsaturated/α-hetero) is 3. The van der Waals surface area contributed by atoms with E-state index in [0.29, 0.717) is 33.9 Å². The zero-order valence-corrected chi connectivity index (χ0v) is 21.6. The fourth-order valence-electron chi connectivity index (χ4n) is 6.72. The Hall–Kier alpha value is -4.39. The molecule has 3 aromatic rings. The molecule has 0 radical (unpaired) electrons. The smallest absolute Gasteiger partial charge is 0.203 e. The average Bonchev–Trinajstić information content (AvgIpc) is 3.38. The Morgan fingerprint density at radius 3 is 1.97 bits per heavy atom. The third-order valence-electron chi connectivity index (χ3n) is 8.18. The van der Waals surface area contributed by atoms with Crippen molar-refractivity contribution in [2.75, 3.05) is 26.2 Å². The van der Waals surface area contributed by atoms with Crippen molar-refractivity contribution in [1.82, 2.24) is 0 Å². The molecule has 1 fully saturated rings. The van der Waals surface area contributed by atoms with Crippen LogP contribution in [-0.2, 0) is 4.79 Å². The molecule has 0 aromatic heterocycles. The number of nitrogens with zero attached hydrogens (tertiary/aromatic N) is 1. The predicted molar refractivity (Wildman–Crippen MR) is 143 cm³/mol. The van der Waals surface area contributed by atoms with Crippen molar-refractivity contribution in [3.8, 4) is 17.2 Å². The quantitative estimate of drug-likeness (QED) is 0.460. The van der Waals surface area contributed by atoms with E-state index in [9.17, 15) is 14.4 Å². The van der Waals surface area contributed by atoms with Gasteiger partial charge in [-0.25, -0.2) is 0 Å². The molecule has 2 heterocycles. The molecule has 1 unspecified atom stereocenters. The summed E-state index contributed by atoms with van der Waals surface area (Å²) in [4.78, 5) is 44.5. The van der Waals surface area contributed by atoms with Crippen LogP contribution in [0, 0.1) is 5.41 Å². The van der Waals surface area contributed by atoms with E-state index in [4.69, 9.17) is 14.2 Å². The minimum atomic E-state index is -1.56. The summed E-state index contributed by atoms with van der Waals surface area (Å²) in [5.41, 5.74) is 1.53. The first kappa shape index (κ1) is 24.0. The molecule has 3 aromatic carbocycles. The zero-order valence-electron chi connectivity index (χ0n) is 21.6. The fourth-order valence-corrected chi connectivity index (χ4v) is 6.72. The van der Waals surface area contributed by atoms with Gasteiger partial charge in [-0.2, -0.15) is 0 Å². The lowest BCUT2D eigenvalue weighted by Crippen LogP contribution is -2.48. The Kier molecular flexibility index (Phi) is 5.42. The minimum Gasteiger partial charge on any atom is -0.493 e. The van der Waals surface area contributed by atoms with Crippen LogP contribution in [0.5, 0.6) is 17.2 Å². The average molecular weight is 510 g/mol. The lowest BCUT2D eigenvalue weighted by atomic mass is 9.64. The number of rotatable bonds is 5. The lowest BCUT2D eigenvalue weighted by molar-refractivity contribution is -0.118. The van der Waals surface area contributed by atoms with Crippen molar-refractivity contribution in [2.45, 2.75) is 24.9 Å². The van der Waals surface area contributed by atoms with Crippen LogP contribution in [0.15, 0.2) is 66.7 Å². The van der Waals surface area contributed by atoms with Crippen LogP contribution in [0.25, 0.3) is 6.08 Å². The molecule has 7 nitrogen and oxygen atoms in total. The zero-order chi connectivity index (χ0) is 26.8. The third-order valence-corrected chi connectivity index (χ3v) is 8.18. The van der Waals surface area contributed by atoms with Crippen LogP contribution in [0.2, 0.25) is 0 Å². The molecule has 0 amide bonds. The Balaban J connectivity index is 1.70. The lowest BCUT2D eigenvalue weighted by Gasteiger charge is -2.37. The maximum absolute atomic E-state index is 14.5. The molecule has 3 atom stereocenters. The van der Waals surface area contributed by atoms with Gasteiger partial charge in [0.2, 0.25) is 5.75 Å². The Morgan fingerprint density at radius 2 is 1.42 bits per heavy atom. The molecule has 6 rings (SSSR count). The molecular weight excluding hydrogens is 482 g/mol. The summed E-state index contributed by atoms with van der Waals surface area (Å²) in [6.45, 7) is 1.52. The largest absolute Gasteiger partial charge is 0.493 e. The summed E-state index contributed by atoms with van der Waals surface area (Å²) < 4.78 is 16.8. The van der Waals surface area contributed by atoms with E-state index >= 15 is 0 Å². The van der Waals surface area contributed by atoms with Gasteiger partial charge in [-0.3, -0.25) is 14.4 Å². The number of benzene rings is 3. The predicted octanol–water partition coefficient (Wildman–Crippen LogP) is 4.73. The SMILES string of the molecule is COc1cc([C@H]2[C@H](C(C)=O)N3c4ccccc4C=CC3C23C(=O)c2ccccc2C3=O)cc(OC)c1OC. The van der Waals surface area contributed by atoms with Crippen LogP contribution >= 0.6 is 0 Å². The van der Waals surface area contributed by atoms with Crippen molar-refractivity contribution < 1.29 is 28.6 Å². The van der Waals surface area contributed by atoms with Gasteiger partial charge in [0.25, 0.3) is 0 Å². The second-order valence-corrected chi connectivity index (χ2v) is 9.83. The first-order valence-corrected chi connectivity index (χ1v) is 12.4. The second-order valence-electron chi connectivity index (χ2n) is 9.83. The Morgan fingerprint density at radius 1 is 0.842 bits per heavy atom. The fraction of sp³-hybridized carbons (Fsp3) is 0.258. The highest BCUT2D eigenvalue weighted by atomic mass is 16.5. The Bertz CT molecular complexity index is 1480. The maximum atomic E-state index is 14.5. The molecule has 3 aliphatic rings. The number of ketones is 3. The summed E-state index contributed by atoms with van der Waals surface area (Å²) in [6.07, 6.45) is 3.84. The van der Waals surface area contributed by atoms with E-state index < -0.39 is 23.4 Å². The van der Waals surface area contributed by atoms with Gasteiger partial charge >= 0.3 is 0 Å². The monoisotopic (exact) mass is 509 g/mol. The van der Waals surface area contributed by atoms with Crippen LogP contribution in [0.4, 0.5) is 5.69 Å². The summed E-state index contributed by atoms with van der Waals surface area (Å²) in [5, 5.41) is 0. The molecule has 7 heteroatoms. The van der Waals surface area contributed by atoms with Crippen LogP contribution in [0.1, 0.15) is 44.7 Å². The van der Waals surface area contributed by atoms with Crippen LogP contribution < -0.4 is 19.1 Å². The summed E-state index contributed by atoms with van der Waals surface area (Å²) in [6, 6.07) is 16.7. The van der Waals surface area contributed by atoms with E-state index in [1.54, 1.807) is 36.4 Å². The topological polar surface area (TPSA) is 82.1 Å². The van der Waals surface area contributed by atoms with E-state index in [0.717, 1.165) is 11.3 Å². The van der Waals surface area contributed by atoms with Crippen molar-refractivity contribution in [1.29, 1.82) is 0 Å². The Labute approximate surface area is 220 Å². The van der Waals surface area contributed by atoms with E-state index in [1.807, 2.05) is 41.3 Å². The first-order valence-electron chi connectivity index (χ1n) is 12.4. The van der Waals surface area contributed by atoms with Crippen molar-refractivity contribution in [3.05, 3.63) is 89.0 Å². The molecule has 1 saturated heterocycles. The molecule has 192 valence electrons. The molecule has 0 N–H and O–H groups in total. The van der Waals surface area contributed by atoms with Gasteiger partial charge in [0, 0.05) is 22.7 Å². The highest BCUT2D eigenvalue weighted by Gasteiger charge is 2.71. The summed E-state index contributed by atoms with van der Waals surface area (Å²) >= 11 is 0. The molecule has 2 aliphatic heterocycles. The molecule has 1 aliphatic carbocycles. The number of hydrogen-bond acceptors (Lipinski definition) is 7. The standard InChI is InChI=1S/C31H27NO6/c1-17(33)27-26(19-15-23(36-2)28(38-4)24(16-19)37-3)31(29(34)20-10-6-7-11-21(20)30(31)35)25-14-13-18-9-5-8-12-22(18)32(25)27/h5-16,25-27H,1-4H3/t25?,26-,27-/m0/s1. The van der Waals surface area contributed by atoms with Gasteiger partial charge in [0.1, 0.15) is 5.41 Å². The molecule has 38 heavy (non-hydrogen) atoms. The van der Waals surface area contributed by atoms with Crippen molar-refractivity contribution in [2.24, 2.45) is 5.41 Å². The van der Waals surface area contributed by atoms with Gasteiger partial charge in [0.15, 0.2) is 28.8 Å². The minimum absolute atomic E-state index is 0.146. The normalized spacial score (nSPS) is 22.2. The van der Waals surface area contributed by atoms with E-state index in [1.165, 1.54) is 28.3 Å².